The zero-order valence-corrected chi connectivity index (χ0v) is 20.9. The summed E-state index contributed by atoms with van der Waals surface area (Å²) in [7, 11) is 0. The Morgan fingerprint density at radius 2 is 1.35 bits per heavy atom. The molecule has 0 radical (unpaired) electrons. The molecule has 0 aliphatic carbocycles. The van der Waals surface area contributed by atoms with Gasteiger partial charge in [-0.1, -0.05) is 30.3 Å². The van der Waals surface area contributed by atoms with Crippen molar-refractivity contribution < 1.29 is 53.7 Å². The van der Waals surface area contributed by atoms with Gasteiger partial charge in [-0.25, -0.2) is 0 Å². The molecule has 0 aromatic heterocycles. The zero-order chi connectivity index (χ0) is 30.1. The van der Waals surface area contributed by atoms with Crippen LogP contribution in [0.25, 0.3) is 0 Å². The molecular weight excluding hydrogens is 560 g/mol. The van der Waals surface area contributed by atoms with Crippen molar-refractivity contribution in [3.05, 3.63) is 89.0 Å². The number of alkyl halides is 10. The second-order valence-corrected chi connectivity index (χ2v) is 9.21. The molecule has 1 unspecified atom stereocenters. The molecular formula is C27H23F10NO2. The summed E-state index contributed by atoms with van der Waals surface area (Å²) in [5.41, 5.74) is -0.244. The lowest BCUT2D eigenvalue weighted by atomic mass is 9.99. The van der Waals surface area contributed by atoms with Gasteiger partial charge in [0.2, 0.25) is 0 Å². The standard InChI is InChI=1S/C27H23F10NO2/c1-16-9-17(2)11-22(10-16)40-21-8-4-7-20(13-21)38(15-23(39)25(30,31)32)14-18-5-3-6-19(12-18)24(28,29)26(33,34)27(35,36)37/h3-13,23,39H,14-15H2,1-2H3. The summed E-state index contributed by atoms with van der Waals surface area (Å²) >= 11 is 0. The number of hydrogen-bond donors (Lipinski definition) is 1. The van der Waals surface area contributed by atoms with Crippen molar-refractivity contribution in [2.75, 3.05) is 11.4 Å². The van der Waals surface area contributed by atoms with Gasteiger partial charge in [0.1, 0.15) is 11.5 Å². The Morgan fingerprint density at radius 1 is 0.750 bits per heavy atom. The van der Waals surface area contributed by atoms with Crippen molar-refractivity contribution in [2.45, 2.75) is 50.7 Å². The number of ether oxygens (including phenoxy) is 1. The van der Waals surface area contributed by atoms with Crippen LogP contribution in [0.1, 0.15) is 22.3 Å². The predicted octanol–water partition coefficient (Wildman–Crippen LogP) is 8.31. The summed E-state index contributed by atoms with van der Waals surface area (Å²) in [5, 5.41) is 9.70. The Bertz CT molecular complexity index is 1300. The third-order valence-corrected chi connectivity index (χ3v) is 5.80. The molecule has 1 atom stereocenters. The maximum atomic E-state index is 14.3. The fourth-order valence-corrected chi connectivity index (χ4v) is 3.89. The number of halogens is 10. The largest absolute Gasteiger partial charge is 0.460 e. The molecule has 0 spiro atoms. The van der Waals surface area contributed by atoms with Gasteiger partial charge in [0, 0.05) is 23.9 Å². The molecule has 0 aliphatic heterocycles. The van der Waals surface area contributed by atoms with Crippen molar-refractivity contribution >= 4 is 5.69 Å². The summed E-state index contributed by atoms with van der Waals surface area (Å²) in [6.45, 7) is 1.86. The Hall–Kier alpha value is -3.48. The van der Waals surface area contributed by atoms with E-state index in [0.717, 1.165) is 28.2 Å². The average molecular weight is 583 g/mol. The first-order valence-electron chi connectivity index (χ1n) is 11.6. The van der Waals surface area contributed by atoms with Gasteiger partial charge >= 0.3 is 24.2 Å². The van der Waals surface area contributed by atoms with Crippen LogP contribution in [0.5, 0.6) is 11.5 Å². The highest BCUT2D eigenvalue weighted by Gasteiger charge is 2.73. The monoisotopic (exact) mass is 583 g/mol. The number of aliphatic hydroxyl groups is 1. The molecule has 0 fully saturated rings. The minimum absolute atomic E-state index is 0.0166. The van der Waals surface area contributed by atoms with E-state index in [4.69, 9.17) is 4.74 Å². The summed E-state index contributed by atoms with van der Waals surface area (Å²) in [5.74, 6) is -11.5. The van der Waals surface area contributed by atoms with Crippen LogP contribution in [-0.4, -0.2) is 36.0 Å². The highest BCUT2D eigenvalue weighted by Crippen LogP contribution is 2.51. The lowest BCUT2D eigenvalue weighted by Gasteiger charge is -2.30. The van der Waals surface area contributed by atoms with Gasteiger partial charge in [-0.15, -0.1) is 0 Å². The fraction of sp³-hybridized carbons (Fsp3) is 0.333. The topological polar surface area (TPSA) is 32.7 Å². The summed E-state index contributed by atoms with van der Waals surface area (Å²) in [6.07, 6.45) is -14.5. The summed E-state index contributed by atoms with van der Waals surface area (Å²) in [6, 6.07) is 13.4. The Morgan fingerprint density at radius 3 is 1.93 bits per heavy atom. The molecule has 0 saturated heterocycles. The molecule has 0 aliphatic rings. The van der Waals surface area contributed by atoms with Crippen LogP contribution < -0.4 is 9.64 Å². The maximum Gasteiger partial charge on any atom is 0.460 e. The fourth-order valence-electron chi connectivity index (χ4n) is 3.89. The molecule has 13 heteroatoms. The van der Waals surface area contributed by atoms with Gasteiger partial charge in [0.05, 0.1) is 6.54 Å². The van der Waals surface area contributed by atoms with Gasteiger partial charge in [-0.05, 0) is 60.9 Å². The number of aryl methyl sites for hydroxylation is 2. The van der Waals surface area contributed by atoms with Gasteiger partial charge in [0.25, 0.3) is 0 Å². The van der Waals surface area contributed by atoms with E-state index in [0.29, 0.717) is 17.9 Å². The van der Waals surface area contributed by atoms with Crippen LogP contribution >= 0.6 is 0 Å². The molecule has 3 rings (SSSR count). The van der Waals surface area contributed by atoms with Crippen LogP contribution in [0, 0.1) is 13.8 Å². The Kier molecular flexibility index (Phi) is 8.68. The third kappa shape index (κ3) is 6.98. The normalized spacial score (nSPS) is 13.7. The van der Waals surface area contributed by atoms with Crippen molar-refractivity contribution in [3.63, 3.8) is 0 Å². The van der Waals surface area contributed by atoms with E-state index in [-0.39, 0.29) is 17.0 Å². The lowest BCUT2D eigenvalue weighted by molar-refractivity contribution is -0.359. The molecule has 218 valence electrons. The van der Waals surface area contributed by atoms with Gasteiger partial charge in [-0.2, -0.15) is 43.9 Å². The highest BCUT2D eigenvalue weighted by atomic mass is 19.4. The van der Waals surface area contributed by atoms with Crippen LogP contribution in [-0.2, 0) is 12.5 Å². The van der Waals surface area contributed by atoms with E-state index in [1.165, 1.54) is 24.3 Å². The molecule has 3 nitrogen and oxygen atoms in total. The second kappa shape index (κ2) is 11.2. The first kappa shape index (κ1) is 31.1. The molecule has 0 heterocycles. The average Bonchev–Trinajstić information content (AvgIpc) is 2.82. The van der Waals surface area contributed by atoms with Crippen LogP contribution in [0.15, 0.2) is 66.7 Å². The Balaban J connectivity index is 1.98. The van der Waals surface area contributed by atoms with Crippen molar-refractivity contribution in [3.8, 4) is 11.5 Å². The number of nitrogens with zero attached hydrogens (tertiary/aromatic N) is 1. The molecule has 1 N–H and O–H groups in total. The van der Waals surface area contributed by atoms with Crippen molar-refractivity contribution in [1.29, 1.82) is 0 Å². The van der Waals surface area contributed by atoms with Crippen molar-refractivity contribution in [2.24, 2.45) is 0 Å². The molecule has 0 amide bonds. The third-order valence-electron chi connectivity index (χ3n) is 5.80. The predicted molar refractivity (Wildman–Crippen MR) is 127 cm³/mol. The highest BCUT2D eigenvalue weighted by molar-refractivity contribution is 5.52. The minimum atomic E-state index is -6.56. The number of aliphatic hydroxyl groups excluding tert-OH is 1. The van der Waals surface area contributed by atoms with E-state index in [9.17, 15) is 49.0 Å². The van der Waals surface area contributed by atoms with E-state index < -0.39 is 49.0 Å². The van der Waals surface area contributed by atoms with E-state index in [1.54, 1.807) is 12.1 Å². The second-order valence-electron chi connectivity index (χ2n) is 9.21. The first-order valence-corrected chi connectivity index (χ1v) is 11.6. The van der Waals surface area contributed by atoms with Gasteiger partial charge < -0.3 is 14.7 Å². The molecule has 0 saturated carbocycles. The number of benzene rings is 3. The molecule has 40 heavy (non-hydrogen) atoms. The van der Waals surface area contributed by atoms with Crippen LogP contribution in [0.4, 0.5) is 49.6 Å². The van der Waals surface area contributed by atoms with Gasteiger partial charge in [0.15, 0.2) is 6.10 Å². The van der Waals surface area contributed by atoms with Crippen molar-refractivity contribution in [1.82, 2.24) is 0 Å². The maximum absolute atomic E-state index is 14.3. The molecule has 0 bridgehead atoms. The lowest BCUT2D eigenvalue weighted by Crippen LogP contribution is -2.50. The molecule has 3 aromatic rings. The zero-order valence-electron chi connectivity index (χ0n) is 20.9. The summed E-state index contributed by atoms with van der Waals surface area (Å²) < 4.78 is 139. The van der Waals surface area contributed by atoms with E-state index >= 15 is 0 Å². The Labute approximate surface area is 222 Å². The number of anilines is 1. The van der Waals surface area contributed by atoms with Crippen LogP contribution in [0.2, 0.25) is 0 Å². The summed E-state index contributed by atoms with van der Waals surface area (Å²) in [4.78, 5) is 0.908. The quantitative estimate of drug-likeness (QED) is 0.257. The van der Waals surface area contributed by atoms with E-state index in [2.05, 4.69) is 0 Å². The van der Waals surface area contributed by atoms with Gasteiger partial charge in [-0.3, -0.25) is 0 Å². The number of hydrogen-bond acceptors (Lipinski definition) is 3. The van der Waals surface area contributed by atoms with Crippen LogP contribution in [0.3, 0.4) is 0 Å². The SMILES string of the molecule is Cc1cc(C)cc(Oc2cccc(N(Cc3cccc(C(F)(F)C(F)(F)C(F)(F)F)c3)CC(O)C(F)(F)F)c2)c1. The minimum Gasteiger partial charge on any atom is -0.457 e. The number of rotatable bonds is 9. The van der Waals surface area contributed by atoms with E-state index in [1.807, 2.05) is 19.9 Å². The smallest absolute Gasteiger partial charge is 0.457 e. The molecule has 3 aromatic carbocycles. The first-order chi connectivity index (χ1) is 18.3.